The predicted octanol–water partition coefficient (Wildman–Crippen LogP) is 5.27. The van der Waals surface area contributed by atoms with Crippen LogP contribution in [0, 0.1) is 6.92 Å². The maximum Gasteiger partial charge on any atom is 0.417 e. The van der Waals surface area contributed by atoms with Crippen LogP contribution in [0.5, 0.6) is 5.88 Å². The van der Waals surface area contributed by atoms with Gasteiger partial charge in [0.2, 0.25) is 0 Å². The van der Waals surface area contributed by atoms with Gasteiger partial charge in [-0.15, -0.1) is 0 Å². The van der Waals surface area contributed by atoms with Gasteiger partial charge in [0.15, 0.2) is 5.88 Å². The first-order valence-electron chi connectivity index (χ1n) is 10.5. The standard InChI is InChI=1S/C23H18F6N4O3/c1-13-18(8-9-36-20-10-14-4-2-3-5-19(14)32(20)12-21(34)35)31-33(30-13)15-6-7-16(22(24,25)26)17(11-15)23(27,28)29/h2-7,10-11H,8-9,12H2,1H3,(H,34,35). The second-order valence-corrected chi connectivity index (χ2v) is 7.87. The number of ether oxygens (including phenoxy) is 1. The number of carbonyl (C=O) groups is 1. The topological polar surface area (TPSA) is 82.2 Å². The fourth-order valence-corrected chi connectivity index (χ4v) is 3.75. The lowest BCUT2D eigenvalue weighted by Crippen LogP contribution is -2.17. The number of nitrogens with zero attached hydrogens (tertiary/aromatic N) is 4. The van der Waals surface area contributed by atoms with E-state index in [0.29, 0.717) is 34.9 Å². The Hall–Kier alpha value is -4.03. The number of aromatic nitrogens is 4. The molecule has 0 saturated carbocycles. The summed E-state index contributed by atoms with van der Waals surface area (Å²) in [5, 5.41) is 18.1. The number of alkyl halides is 6. The van der Waals surface area contributed by atoms with E-state index in [1.165, 1.54) is 4.57 Å². The second-order valence-electron chi connectivity index (χ2n) is 7.87. The fourth-order valence-electron chi connectivity index (χ4n) is 3.75. The van der Waals surface area contributed by atoms with Crippen LogP contribution >= 0.6 is 0 Å². The molecule has 0 bridgehead atoms. The van der Waals surface area contributed by atoms with Crippen molar-refractivity contribution in [2.45, 2.75) is 32.2 Å². The second kappa shape index (κ2) is 9.21. The third-order valence-corrected chi connectivity index (χ3v) is 5.38. The van der Waals surface area contributed by atoms with E-state index in [-0.39, 0.29) is 25.3 Å². The summed E-state index contributed by atoms with van der Waals surface area (Å²) in [7, 11) is 0. The molecule has 0 amide bonds. The molecule has 4 aromatic rings. The molecule has 190 valence electrons. The first-order chi connectivity index (χ1) is 16.8. The van der Waals surface area contributed by atoms with Crippen molar-refractivity contribution in [3.63, 3.8) is 0 Å². The lowest BCUT2D eigenvalue weighted by Gasteiger charge is -2.16. The molecule has 0 fully saturated rings. The lowest BCUT2D eigenvalue weighted by molar-refractivity contribution is -0.162. The highest BCUT2D eigenvalue weighted by Gasteiger charge is 2.43. The number of hydrogen-bond acceptors (Lipinski definition) is 4. The molecule has 2 aromatic carbocycles. The minimum atomic E-state index is -5.23. The van der Waals surface area contributed by atoms with Crippen molar-refractivity contribution in [3.05, 3.63) is 71.0 Å². The molecular formula is C23H18F6N4O3. The smallest absolute Gasteiger partial charge is 0.417 e. The number of benzene rings is 2. The molecule has 2 heterocycles. The van der Waals surface area contributed by atoms with Gasteiger partial charge in [-0.1, -0.05) is 18.2 Å². The molecule has 0 aliphatic rings. The molecule has 36 heavy (non-hydrogen) atoms. The Labute approximate surface area is 199 Å². The van der Waals surface area contributed by atoms with Gasteiger partial charge in [-0.25, -0.2) is 0 Å². The summed E-state index contributed by atoms with van der Waals surface area (Å²) >= 11 is 0. The number of fused-ring (bicyclic) bond motifs is 1. The molecule has 0 spiro atoms. The summed E-state index contributed by atoms with van der Waals surface area (Å²) in [5.74, 6) is -0.754. The first kappa shape index (κ1) is 25.1. The van der Waals surface area contributed by atoms with Crippen LogP contribution in [0.3, 0.4) is 0 Å². The molecule has 4 rings (SSSR count). The SMILES string of the molecule is Cc1nn(-c2ccc(C(F)(F)F)c(C(F)(F)F)c2)nc1CCOc1cc2ccccc2n1CC(=O)O. The number of carboxylic acids is 1. The van der Waals surface area contributed by atoms with Crippen molar-refractivity contribution in [1.82, 2.24) is 19.6 Å². The zero-order chi connectivity index (χ0) is 26.3. The average molecular weight is 512 g/mol. The number of aryl methyl sites for hydroxylation is 1. The number of halogens is 6. The van der Waals surface area contributed by atoms with Crippen LogP contribution in [0.4, 0.5) is 26.3 Å². The van der Waals surface area contributed by atoms with E-state index in [1.54, 1.807) is 37.3 Å². The first-order valence-corrected chi connectivity index (χ1v) is 10.5. The van der Waals surface area contributed by atoms with Gasteiger partial charge in [-0.3, -0.25) is 4.79 Å². The number of hydrogen-bond donors (Lipinski definition) is 1. The lowest BCUT2D eigenvalue weighted by atomic mass is 10.1. The number of rotatable bonds is 7. The number of para-hydroxylation sites is 1. The van der Waals surface area contributed by atoms with Crippen LogP contribution in [-0.4, -0.2) is 37.2 Å². The Bertz CT molecular complexity index is 1420. The van der Waals surface area contributed by atoms with Gasteiger partial charge in [0.1, 0.15) is 6.54 Å². The summed E-state index contributed by atoms with van der Waals surface area (Å²) in [6.07, 6.45) is -10.2. The average Bonchev–Trinajstić information content (AvgIpc) is 3.32. The van der Waals surface area contributed by atoms with Crippen molar-refractivity contribution in [3.8, 4) is 11.6 Å². The Balaban J connectivity index is 1.55. The summed E-state index contributed by atoms with van der Waals surface area (Å²) < 4.78 is 86.2. The fraction of sp³-hybridized carbons (Fsp3) is 0.261. The van der Waals surface area contributed by atoms with Gasteiger partial charge < -0.3 is 14.4 Å². The van der Waals surface area contributed by atoms with E-state index in [4.69, 9.17) is 4.74 Å². The quantitative estimate of drug-likeness (QED) is 0.341. The van der Waals surface area contributed by atoms with E-state index >= 15 is 0 Å². The molecule has 2 aromatic heterocycles. The summed E-state index contributed by atoms with van der Waals surface area (Å²) in [6.45, 7) is 1.26. The monoisotopic (exact) mass is 512 g/mol. The van der Waals surface area contributed by atoms with Crippen LogP contribution in [0.25, 0.3) is 16.6 Å². The van der Waals surface area contributed by atoms with Gasteiger partial charge in [-0.2, -0.15) is 41.3 Å². The van der Waals surface area contributed by atoms with Crippen LogP contribution in [-0.2, 0) is 30.1 Å². The zero-order valence-electron chi connectivity index (χ0n) is 18.6. The third-order valence-electron chi connectivity index (χ3n) is 5.38. The van der Waals surface area contributed by atoms with Gasteiger partial charge >= 0.3 is 18.3 Å². The van der Waals surface area contributed by atoms with Crippen molar-refractivity contribution >= 4 is 16.9 Å². The van der Waals surface area contributed by atoms with Gasteiger partial charge in [-0.05, 0) is 31.2 Å². The highest BCUT2D eigenvalue weighted by atomic mass is 19.4. The zero-order valence-corrected chi connectivity index (χ0v) is 18.6. The largest absolute Gasteiger partial charge is 0.480 e. The number of aliphatic carboxylic acids is 1. The minimum absolute atomic E-state index is 0.0380. The van der Waals surface area contributed by atoms with Crippen LogP contribution in [0.2, 0.25) is 0 Å². The van der Waals surface area contributed by atoms with E-state index in [9.17, 15) is 36.2 Å². The summed E-state index contributed by atoms with van der Waals surface area (Å²) in [6, 6.07) is 10.4. The Morgan fingerprint density at radius 2 is 1.67 bits per heavy atom. The molecule has 7 nitrogen and oxygen atoms in total. The minimum Gasteiger partial charge on any atom is -0.480 e. The van der Waals surface area contributed by atoms with E-state index in [0.717, 1.165) is 16.2 Å². The molecule has 0 aliphatic carbocycles. The van der Waals surface area contributed by atoms with Crippen molar-refractivity contribution in [2.75, 3.05) is 6.61 Å². The van der Waals surface area contributed by atoms with Crippen LogP contribution in [0.15, 0.2) is 48.5 Å². The Morgan fingerprint density at radius 3 is 2.33 bits per heavy atom. The highest BCUT2D eigenvalue weighted by molar-refractivity contribution is 5.84. The van der Waals surface area contributed by atoms with Crippen molar-refractivity contribution < 1.29 is 41.0 Å². The normalized spacial score (nSPS) is 12.3. The predicted molar refractivity (Wildman–Crippen MR) is 115 cm³/mol. The molecule has 1 N–H and O–H groups in total. The maximum atomic E-state index is 13.3. The van der Waals surface area contributed by atoms with E-state index < -0.39 is 29.4 Å². The number of carboxylic acid groups (broad SMARTS) is 1. The molecule has 0 atom stereocenters. The van der Waals surface area contributed by atoms with Crippen LogP contribution < -0.4 is 4.74 Å². The Morgan fingerprint density at radius 1 is 0.972 bits per heavy atom. The Kier molecular flexibility index (Phi) is 6.41. The van der Waals surface area contributed by atoms with E-state index in [1.807, 2.05) is 0 Å². The molecule has 0 unspecified atom stereocenters. The third kappa shape index (κ3) is 5.14. The summed E-state index contributed by atoms with van der Waals surface area (Å²) in [5.41, 5.74) is -2.55. The molecule has 0 aliphatic heterocycles. The van der Waals surface area contributed by atoms with Crippen molar-refractivity contribution in [2.24, 2.45) is 0 Å². The molecular weight excluding hydrogens is 494 g/mol. The van der Waals surface area contributed by atoms with Crippen LogP contribution in [0.1, 0.15) is 22.5 Å². The molecule has 0 saturated heterocycles. The van der Waals surface area contributed by atoms with Gasteiger partial charge in [0, 0.05) is 17.9 Å². The molecule has 13 heteroatoms. The van der Waals surface area contributed by atoms with E-state index in [2.05, 4.69) is 10.2 Å². The van der Waals surface area contributed by atoms with Gasteiger partial charge in [0.25, 0.3) is 0 Å². The summed E-state index contributed by atoms with van der Waals surface area (Å²) in [4.78, 5) is 12.1. The highest BCUT2D eigenvalue weighted by Crippen LogP contribution is 2.41. The van der Waals surface area contributed by atoms with Gasteiger partial charge in [0.05, 0.1) is 40.3 Å². The van der Waals surface area contributed by atoms with Crippen molar-refractivity contribution in [1.29, 1.82) is 0 Å². The maximum absolute atomic E-state index is 13.3. The molecule has 0 radical (unpaired) electrons.